The minimum Gasteiger partial charge on any atom is -0.493 e. The first-order valence-corrected chi connectivity index (χ1v) is 16.4. The van der Waals surface area contributed by atoms with Gasteiger partial charge in [-0.1, -0.05) is 104 Å². The first-order chi connectivity index (χ1) is 20.1. The molecule has 0 aliphatic rings. The summed E-state index contributed by atoms with van der Waals surface area (Å²) in [6.07, 6.45) is 4.39. The maximum Gasteiger partial charge on any atom is 0.306 e. The molecular weight excluding hydrogens is 585 g/mol. The Hall–Kier alpha value is -2.92. The molecule has 43 heavy (non-hydrogen) atoms. The topological polar surface area (TPSA) is 116 Å². The smallest absolute Gasteiger partial charge is 0.306 e. The Bertz CT molecular complexity index is 1290. The monoisotopic (exact) mass is 632 g/mol. The number of anilines is 1. The third-order valence-electron chi connectivity index (χ3n) is 5.99. The van der Waals surface area contributed by atoms with Crippen LogP contribution in [0.2, 0.25) is 0 Å². The molecule has 0 radical (unpaired) electrons. The van der Waals surface area contributed by atoms with Crippen LogP contribution < -0.4 is 10.1 Å². The van der Waals surface area contributed by atoms with Gasteiger partial charge in [0.15, 0.2) is 4.34 Å². The zero-order chi connectivity index (χ0) is 32.3. The molecule has 0 saturated carbocycles. The maximum atomic E-state index is 12.6. The third-order valence-corrected chi connectivity index (χ3v) is 7.95. The molecule has 0 spiro atoms. The van der Waals surface area contributed by atoms with Gasteiger partial charge >= 0.3 is 5.97 Å². The van der Waals surface area contributed by atoms with Crippen molar-refractivity contribution in [1.29, 1.82) is 0 Å². The zero-order valence-electron chi connectivity index (χ0n) is 27.3. The summed E-state index contributed by atoms with van der Waals surface area (Å²) in [7, 11) is 1.41. The van der Waals surface area contributed by atoms with Crippen LogP contribution in [0.4, 0.5) is 5.13 Å². The molecule has 2 aromatic heterocycles. The predicted molar refractivity (Wildman–Crippen MR) is 174 cm³/mol. The van der Waals surface area contributed by atoms with Gasteiger partial charge in [-0.3, -0.25) is 9.59 Å². The van der Waals surface area contributed by atoms with E-state index in [-0.39, 0.29) is 34.5 Å². The number of benzene rings is 1. The number of nitrogens with zero attached hydrogens (tertiary/aromatic N) is 3. The van der Waals surface area contributed by atoms with E-state index in [4.69, 9.17) is 13.9 Å². The lowest BCUT2D eigenvalue weighted by Gasteiger charge is -2.34. The van der Waals surface area contributed by atoms with Crippen molar-refractivity contribution in [3.63, 3.8) is 0 Å². The summed E-state index contributed by atoms with van der Waals surface area (Å²) in [4.78, 5) is 28.6. The molecule has 11 heteroatoms. The molecule has 0 atom stereocenters. The van der Waals surface area contributed by atoms with Gasteiger partial charge in [0.25, 0.3) is 0 Å². The summed E-state index contributed by atoms with van der Waals surface area (Å²) in [5, 5.41) is 11.5. The highest BCUT2D eigenvalue weighted by Crippen LogP contribution is 2.37. The highest BCUT2D eigenvalue weighted by Gasteiger charge is 2.31. The van der Waals surface area contributed by atoms with Crippen molar-refractivity contribution in [2.24, 2.45) is 10.8 Å². The molecule has 0 aliphatic carbocycles. The highest BCUT2D eigenvalue weighted by atomic mass is 32.2. The first-order valence-electron chi connectivity index (χ1n) is 14.6. The molecule has 0 aliphatic heterocycles. The Morgan fingerprint density at radius 3 is 2.23 bits per heavy atom. The van der Waals surface area contributed by atoms with Crippen molar-refractivity contribution >= 4 is 40.1 Å². The van der Waals surface area contributed by atoms with Crippen LogP contribution in [0.5, 0.6) is 5.75 Å². The summed E-state index contributed by atoms with van der Waals surface area (Å²) in [6, 6.07) is 7.50. The summed E-state index contributed by atoms with van der Waals surface area (Å²) < 4.78 is 17.4. The number of oxazole rings is 1. The van der Waals surface area contributed by atoms with E-state index >= 15 is 0 Å². The third kappa shape index (κ3) is 13.5. The van der Waals surface area contributed by atoms with Crippen molar-refractivity contribution in [3.05, 3.63) is 47.7 Å². The van der Waals surface area contributed by atoms with Crippen LogP contribution in [0.15, 0.2) is 39.2 Å². The quantitative estimate of drug-likeness (QED) is 0.113. The van der Waals surface area contributed by atoms with Gasteiger partial charge in [0.05, 0.1) is 38.5 Å². The fourth-order valence-corrected chi connectivity index (χ4v) is 5.99. The largest absolute Gasteiger partial charge is 0.493 e. The number of aromatic nitrogens is 3. The van der Waals surface area contributed by atoms with E-state index in [9.17, 15) is 9.59 Å². The number of amides is 1. The fraction of sp³-hybridized carbons (Fsp3) is 0.594. The van der Waals surface area contributed by atoms with Crippen molar-refractivity contribution in [2.45, 2.75) is 104 Å². The van der Waals surface area contributed by atoms with Crippen molar-refractivity contribution in [1.82, 2.24) is 15.2 Å². The van der Waals surface area contributed by atoms with Crippen molar-refractivity contribution in [3.8, 4) is 5.75 Å². The Balaban J connectivity index is 0.00000206. The maximum absolute atomic E-state index is 12.6. The summed E-state index contributed by atoms with van der Waals surface area (Å²) in [5.74, 6) is 2.37. The number of esters is 1. The molecule has 0 unspecified atom stereocenters. The van der Waals surface area contributed by atoms with Crippen LogP contribution in [0, 0.1) is 10.8 Å². The average molecular weight is 633 g/mol. The SMILES string of the molecule is CCC.COC(=O)CC(C)(C)CC(C)(C)COc1ccc(CC(=O)Nc2nnc(SCc3ncc(C(C)(C)C)o3)s2)cc1. The number of thioether (sulfide) groups is 1. The molecule has 2 heterocycles. The number of carbonyl (C=O) groups excluding carboxylic acids is 2. The molecule has 3 rings (SSSR count). The zero-order valence-corrected chi connectivity index (χ0v) is 29.0. The molecule has 238 valence electrons. The molecule has 0 saturated heterocycles. The van der Waals surface area contributed by atoms with Gasteiger partial charge in [0.2, 0.25) is 16.9 Å². The molecule has 1 aromatic carbocycles. The predicted octanol–water partition coefficient (Wildman–Crippen LogP) is 8.10. The molecule has 3 aromatic rings. The lowest BCUT2D eigenvalue weighted by atomic mass is 9.74. The molecular formula is C32H48N4O5S2. The lowest BCUT2D eigenvalue weighted by molar-refractivity contribution is -0.143. The Labute approximate surface area is 265 Å². The number of ether oxygens (including phenoxy) is 2. The highest BCUT2D eigenvalue weighted by molar-refractivity contribution is 8.00. The Kier molecular flexibility index (Phi) is 13.7. The van der Waals surface area contributed by atoms with Crippen molar-refractivity contribution in [2.75, 3.05) is 19.0 Å². The Morgan fingerprint density at radius 2 is 1.65 bits per heavy atom. The van der Waals surface area contributed by atoms with Crippen LogP contribution in [-0.2, 0) is 31.9 Å². The molecule has 0 bridgehead atoms. The van der Waals surface area contributed by atoms with Gasteiger partial charge in [-0.15, -0.1) is 10.2 Å². The van der Waals surface area contributed by atoms with Crippen LogP contribution >= 0.6 is 23.1 Å². The van der Waals surface area contributed by atoms with Gasteiger partial charge < -0.3 is 19.2 Å². The number of carbonyl (C=O) groups is 2. The van der Waals surface area contributed by atoms with Crippen LogP contribution in [-0.4, -0.2) is 40.8 Å². The lowest BCUT2D eigenvalue weighted by Crippen LogP contribution is -2.30. The Morgan fingerprint density at radius 1 is 1.00 bits per heavy atom. The summed E-state index contributed by atoms with van der Waals surface area (Å²) in [5.41, 5.74) is 0.432. The van der Waals surface area contributed by atoms with Gasteiger partial charge in [0, 0.05) is 5.41 Å². The minimum absolute atomic E-state index is 0.0918. The number of hydrogen-bond donors (Lipinski definition) is 1. The second-order valence-corrected chi connectivity index (χ2v) is 15.4. The molecule has 0 fully saturated rings. The van der Waals surface area contributed by atoms with E-state index in [1.807, 2.05) is 24.3 Å². The number of rotatable bonds is 13. The minimum atomic E-state index is -0.205. The van der Waals surface area contributed by atoms with Gasteiger partial charge in [0.1, 0.15) is 11.5 Å². The number of nitrogens with one attached hydrogen (secondary N) is 1. The van der Waals surface area contributed by atoms with E-state index in [2.05, 4.69) is 82.8 Å². The second-order valence-electron chi connectivity index (χ2n) is 13.2. The van der Waals surface area contributed by atoms with Gasteiger partial charge in [-0.25, -0.2) is 4.98 Å². The molecule has 1 amide bonds. The fourth-order valence-electron chi connectivity index (χ4n) is 4.37. The molecule has 1 N–H and O–H groups in total. The first kappa shape index (κ1) is 36.3. The number of methoxy groups -OCH3 is 1. The van der Waals surface area contributed by atoms with Crippen LogP contribution in [0.1, 0.15) is 98.8 Å². The van der Waals surface area contributed by atoms with Crippen LogP contribution in [0.25, 0.3) is 0 Å². The average Bonchev–Trinajstić information content (AvgIpc) is 3.56. The van der Waals surface area contributed by atoms with E-state index in [1.165, 1.54) is 36.6 Å². The van der Waals surface area contributed by atoms with Crippen molar-refractivity contribution < 1.29 is 23.5 Å². The standard InChI is InChI=1S/C29H40N4O5S2.C3H8/c1-27(2,3)21-15-30-23(38-21)16-39-26-33-32-25(40-26)31-22(34)13-19-9-11-20(12-10-19)37-18-29(6,7)17-28(4,5)14-24(35)36-8;1-3-2/h9-12,15H,13-14,16-18H2,1-8H3,(H,31,32,34);3H2,1-2H3. The number of hydrogen-bond acceptors (Lipinski definition) is 10. The molecule has 9 nitrogen and oxygen atoms in total. The van der Waals surface area contributed by atoms with E-state index in [0.29, 0.717) is 29.8 Å². The van der Waals surface area contributed by atoms with Crippen LogP contribution in [0.3, 0.4) is 0 Å². The van der Waals surface area contributed by atoms with E-state index in [1.54, 1.807) is 6.20 Å². The van der Waals surface area contributed by atoms with E-state index in [0.717, 1.165) is 27.8 Å². The second kappa shape index (κ2) is 16.2. The summed E-state index contributed by atoms with van der Waals surface area (Å²) in [6.45, 7) is 19.4. The van der Waals surface area contributed by atoms with E-state index < -0.39 is 0 Å². The summed E-state index contributed by atoms with van der Waals surface area (Å²) >= 11 is 2.78. The normalized spacial score (nSPS) is 11.9. The van der Waals surface area contributed by atoms with Gasteiger partial charge in [-0.2, -0.15) is 0 Å². The van der Waals surface area contributed by atoms with Gasteiger partial charge in [-0.05, 0) is 34.9 Å².